The van der Waals surface area contributed by atoms with Crippen LogP contribution in [-0.2, 0) is 0 Å². The molecular weight excluding hydrogens is 254 g/mol. The molecule has 7 heteroatoms. The van der Waals surface area contributed by atoms with Crippen LogP contribution in [-0.4, -0.2) is 38.8 Å². The van der Waals surface area contributed by atoms with Crippen molar-refractivity contribution >= 4 is 33.3 Å². The van der Waals surface area contributed by atoms with Crippen LogP contribution in [0.2, 0.25) is 0 Å². The number of hydrogen-bond donors (Lipinski definition) is 3. The largest absolute Gasteiger partial charge is 0.477 e. The van der Waals surface area contributed by atoms with E-state index in [-0.39, 0.29) is 17.5 Å². The first-order chi connectivity index (χ1) is 8.54. The van der Waals surface area contributed by atoms with Gasteiger partial charge in [-0.3, -0.25) is 0 Å². The highest BCUT2D eigenvalue weighted by Crippen LogP contribution is 2.33. The predicted octanol–water partition coefficient (Wildman–Crippen LogP) is 1.49. The van der Waals surface area contributed by atoms with Crippen molar-refractivity contribution in [2.75, 3.05) is 11.9 Å². The number of fused-ring (bicyclic) bond motifs is 1. The van der Waals surface area contributed by atoms with Crippen LogP contribution in [0, 0.1) is 6.92 Å². The second kappa shape index (κ2) is 4.87. The maximum atomic E-state index is 11.1. The molecule has 0 saturated carbocycles. The molecular formula is C11H13N3O3S. The van der Waals surface area contributed by atoms with Gasteiger partial charge in [-0.1, -0.05) is 0 Å². The molecule has 1 unspecified atom stereocenters. The van der Waals surface area contributed by atoms with E-state index in [1.54, 1.807) is 6.92 Å². The number of aryl methyl sites for hydroxylation is 1. The molecule has 0 aromatic carbocycles. The molecule has 96 valence electrons. The summed E-state index contributed by atoms with van der Waals surface area (Å²) < 4.78 is 0. The third-order valence-corrected chi connectivity index (χ3v) is 3.77. The van der Waals surface area contributed by atoms with Gasteiger partial charge in [0, 0.05) is 6.04 Å². The Morgan fingerprint density at radius 1 is 1.56 bits per heavy atom. The van der Waals surface area contributed by atoms with Crippen molar-refractivity contribution in [1.82, 2.24) is 9.97 Å². The Kier molecular flexibility index (Phi) is 3.44. The van der Waals surface area contributed by atoms with Gasteiger partial charge in [-0.25, -0.2) is 14.8 Å². The van der Waals surface area contributed by atoms with Gasteiger partial charge < -0.3 is 15.5 Å². The molecule has 0 saturated heterocycles. The maximum absolute atomic E-state index is 11.1. The van der Waals surface area contributed by atoms with Crippen LogP contribution < -0.4 is 5.32 Å². The van der Waals surface area contributed by atoms with Crippen LogP contribution in [0.25, 0.3) is 10.2 Å². The number of nitrogens with one attached hydrogen (secondary N) is 1. The van der Waals surface area contributed by atoms with Crippen molar-refractivity contribution in [1.29, 1.82) is 0 Å². The van der Waals surface area contributed by atoms with E-state index in [0.29, 0.717) is 21.6 Å². The van der Waals surface area contributed by atoms with Gasteiger partial charge in [-0.05, 0) is 19.4 Å². The molecule has 0 aliphatic carbocycles. The molecule has 2 heterocycles. The quantitative estimate of drug-likeness (QED) is 0.776. The van der Waals surface area contributed by atoms with Crippen LogP contribution in [0.3, 0.4) is 0 Å². The highest BCUT2D eigenvalue weighted by molar-refractivity contribution is 7.20. The number of nitrogens with zero attached hydrogens (tertiary/aromatic N) is 2. The van der Waals surface area contributed by atoms with Crippen LogP contribution in [0.1, 0.15) is 22.2 Å². The summed E-state index contributed by atoms with van der Waals surface area (Å²) in [5.74, 6) is -0.403. The van der Waals surface area contributed by atoms with E-state index in [2.05, 4.69) is 15.3 Å². The number of hydrogen-bond acceptors (Lipinski definition) is 6. The lowest BCUT2D eigenvalue weighted by atomic mass is 10.2. The number of aliphatic hydroxyl groups is 1. The van der Waals surface area contributed by atoms with Gasteiger partial charge >= 0.3 is 5.97 Å². The average Bonchev–Trinajstić information content (AvgIpc) is 2.68. The third-order valence-electron chi connectivity index (χ3n) is 2.58. The zero-order valence-corrected chi connectivity index (χ0v) is 10.8. The third kappa shape index (κ3) is 2.14. The molecule has 18 heavy (non-hydrogen) atoms. The highest BCUT2D eigenvalue weighted by Gasteiger charge is 2.18. The number of carboxylic acid groups (broad SMARTS) is 1. The molecule has 2 aromatic heterocycles. The van der Waals surface area contributed by atoms with E-state index in [1.807, 2.05) is 6.92 Å². The second-order valence-electron chi connectivity index (χ2n) is 3.99. The summed E-state index contributed by atoms with van der Waals surface area (Å²) in [5, 5.41) is 21.9. The molecule has 2 rings (SSSR count). The zero-order valence-electron chi connectivity index (χ0n) is 9.97. The minimum atomic E-state index is -0.961. The molecule has 0 fully saturated rings. The lowest BCUT2D eigenvalue weighted by molar-refractivity contribution is 0.0701. The Balaban J connectivity index is 2.57. The fourth-order valence-electron chi connectivity index (χ4n) is 1.66. The summed E-state index contributed by atoms with van der Waals surface area (Å²) in [4.78, 5) is 20.2. The number of aliphatic hydroxyl groups excluding tert-OH is 1. The second-order valence-corrected chi connectivity index (χ2v) is 4.99. The van der Waals surface area contributed by atoms with Crippen molar-refractivity contribution in [3.05, 3.63) is 16.8 Å². The summed E-state index contributed by atoms with van der Waals surface area (Å²) >= 11 is 1.13. The smallest absolute Gasteiger partial charge is 0.346 e. The number of thiophene rings is 1. The number of anilines is 1. The Morgan fingerprint density at radius 2 is 2.28 bits per heavy atom. The van der Waals surface area contributed by atoms with Crippen molar-refractivity contribution < 1.29 is 15.0 Å². The summed E-state index contributed by atoms with van der Waals surface area (Å²) in [5.41, 5.74) is 0.649. The number of rotatable bonds is 4. The van der Waals surface area contributed by atoms with E-state index < -0.39 is 5.97 Å². The monoisotopic (exact) mass is 267 g/mol. The van der Waals surface area contributed by atoms with Crippen LogP contribution in [0.4, 0.5) is 5.82 Å². The van der Waals surface area contributed by atoms with Gasteiger partial charge in [0.2, 0.25) is 0 Å². The molecule has 2 aromatic rings. The summed E-state index contributed by atoms with van der Waals surface area (Å²) in [6.45, 7) is 3.52. The Bertz CT molecular complexity index is 596. The van der Waals surface area contributed by atoms with Crippen molar-refractivity contribution in [3.8, 4) is 0 Å². The first kappa shape index (κ1) is 12.7. The first-order valence-corrected chi connectivity index (χ1v) is 6.21. The molecule has 6 nitrogen and oxygen atoms in total. The van der Waals surface area contributed by atoms with Crippen LogP contribution in [0.15, 0.2) is 6.33 Å². The molecule has 0 spiro atoms. The molecule has 0 aliphatic rings. The summed E-state index contributed by atoms with van der Waals surface area (Å²) in [6.07, 6.45) is 1.39. The van der Waals surface area contributed by atoms with E-state index >= 15 is 0 Å². The predicted molar refractivity (Wildman–Crippen MR) is 69.3 cm³/mol. The van der Waals surface area contributed by atoms with Gasteiger partial charge in [-0.15, -0.1) is 11.3 Å². The molecule has 0 amide bonds. The van der Waals surface area contributed by atoms with Gasteiger partial charge in [0.1, 0.15) is 21.9 Å². The number of carboxylic acids is 1. The standard InChI is InChI=1S/C11H13N3O3S/c1-5(3-15)14-9-7-6(2)8(11(16)17)18-10(7)13-4-12-9/h4-5,15H,3H2,1-2H3,(H,16,17)(H,12,13,14). The minimum Gasteiger partial charge on any atom is -0.477 e. The van der Waals surface area contributed by atoms with E-state index in [1.165, 1.54) is 6.33 Å². The molecule has 0 radical (unpaired) electrons. The fraction of sp³-hybridized carbons (Fsp3) is 0.364. The molecule has 0 bridgehead atoms. The number of carbonyl (C=O) groups is 1. The van der Waals surface area contributed by atoms with Gasteiger partial charge in [0.15, 0.2) is 0 Å². The van der Waals surface area contributed by atoms with Gasteiger partial charge in [-0.2, -0.15) is 0 Å². The first-order valence-electron chi connectivity index (χ1n) is 5.39. The van der Waals surface area contributed by atoms with Gasteiger partial charge in [0.25, 0.3) is 0 Å². The maximum Gasteiger partial charge on any atom is 0.346 e. The molecule has 1 atom stereocenters. The van der Waals surface area contributed by atoms with Crippen molar-refractivity contribution in [2.45, 2.75) is 19.9 Å². The lowest BCUT2D eigenvalue weighted by Gasteiger charge is -2.12. The van der Waals surface area contributed by atoms with E-state index in [9.17, 15) is 4.79 Å². The summed E-state index contributed by atoms with van der Waals surface area (Å²) in [6, 6.07) is -0.157. The zero-order chi connectivity index (χ0) is 13.3. The average molecular weight is 267 g/mol. The number of aromatic nitrogens is 2. The lowest BCUT2D eigenvalue weighted by Crippen LogP contribution is -2.20. The number of aromatic carboxylic acids is 1. The Labute approximate surface area is 107 Å². The SMILES string of the molecule is Cc1c(C(=O)O)sc2ncnc(NC(C)CO)c12. The van der Waals surface area contributed by atoms with Crippen LogP contribution >= 0.6 is 11.3 Å². The normalized spacial score (nSPS) is 12.6. The fourth-order valence-corrected chi connectivity index (χ4v) is 2.65. The topological polar surface area (TPSA) is 95.3 Å². The van der Waals surface area contributed by atoms with Gasteiger partial charge in [0.05, 0.1) is 12.0 Å². The van der Waals surface area contributed by atoms with E-state index in [4.69, 9.17) is 10.2 Å². The van der Waals surface area contributed by atoms with Crippen LogP contribution in [0.5, 0.6) is 0 Å². The minimum absolute atomic E-state index is 0.0273. The van der Waals surface area contributed by atoms with E-state index in [0.717, 1.165) is 11.3 Å². The highest BCUT2D eigenvalue weighted by atomic mass is 32.1. The summed E-state index contributed by atoms with van der Waals surface area (Å²) in [7, 11) is 0. The molecule has 3 N–H and O–H groups in total. The molecule has 0 aliphatic heterocycles. The Morgan fingerprint density at radius 3 is 2.89 bits per heavy atom. The Hall–Kier alpha value is -1.73. The van der Waals surface area contributed by atoms with Crippen molar-refractivity contribution in [3.63, 3.8) is 0 Å². The van der Waals surface area contributed by atoms with Crippen molar-refractivity contribution in [2.24, 2.45) is 0 Å².